The van der Waals surface area contributed by atoms with Crippen molar-refractivity contribution in [1.29, 1.82) is 0 Å². The molecule has 4 heteroatoms. The summed E-state index contributed by atoms with van der Waals surface area (Å²) in [6, 6.07) is 0. The van der Waals surface area contributed by atoms with Crippen molar-refractivity contribution >= 4 is 6.21 Å². The fraction of sp³-hybridized carbons (Fsp3) is 0.583. The summed E-state index contributed by atoms with van der Waals surface area (Å²) in [6.07, 6.45) is 8.76. The molecule has 0 unspecified atom stereocenters. The van der Waals surface area contributed by atoms with Gasteiger partial charge in [0.2, 0.25) is 0 Å². The molecule has 1 heterocycles. The van der Waals surface area contributed by atoms with E-state index in [0.29, 0.717) is 17.8 Å². The molecule has 0 saturated carbocycles. The monoisotopic (exact) mass is 218 g/mol. The van der Waals surface area contributed by atoms with Gasteiger partial charge in [0.1, 0.15) is 12.7 Å². The molecule has 0 fully saturated rings. The number of hydrogen-bond donors (Lipinski definition) is 0. The Labute approximate surface area is 96.1 Å². The number of hydrogen-bond acceptors (Lipinski definition) is 3. The highest BCUT2D eigenvalue weighted by molar-refractivity contribution is 5.62. The smallest absolute Gasteiger partial charge is 0.141 e. The van der Waals surface area contributed by atoms with E-state index in [-0.39, 0.29) is 0 Å². The van der Waals surface area contributed by atoms with Crippen molar-refractivity contribution in [1.82, 2.24) is 14.9 Å². The summed E-state index contributed by atoms with van der Waals surface area (Å²) in [5.41, 5.74) is 1.49. The second kappa shape index (κ2) is 4.60. The second-order valence-electron chi connectivity index (χ2n) is 4.74. The minimum absolute atomic E-state index is 0.506. The van der Waals surface area contributed by atoms with Crippen LogP contribution in [0.2, 0.25) is 0 Å². The Morgan fingerprint density at radius 3 is 2.69 bits per heavy atom. The van der Waals surface area contributed by atoms with E-state index in [2.05, 4.69) is 42.1 Å². The lowest BCUT2D eigenvalue weighted by molar-refractivity contribution is 0.361. The Morgan fingerprint density at radius 1 is 1.38 bits per heavy atom. The van der Waals surface area contributed by atoms with Crippen molar-refractivity contribution in [3.05, 3.63) is 24.3 Å². The first kappa shape index (κ1) is 11.0. The lowest BCUT2D eigenvalue weighted by atomic mass is 9.76. The molecule has 16 heavy (non-hydrogen) atoms. The van der Waals surface area contributed by atoms with Crippen LogP contribution in [0.25, 0.3) is 0 Å². The van der Waals surface area contributed by atoms with E-state index in [1.54, 1.807) is 17.3 Å². The van der Waals surface area contributed by atoms with Crippen LogP contribution in [0.3, 0.4) is 0 Å². The van der Waals surface area contributed by atoms with Crippen LogP contribution in [-0.4, -0.2) is 21.1 Å². The molecule has 2 rings (SSSR count). The van der Waals surface area contributed by atoms with Crippen LogP contribution in [0, 0.1) is 17.8 Å². The molecule has 0 spiro atoms. The first-order valence-electron chi connectivity index (χ1n) is 5.73. The summed E-state index contributed by atoms with van der Waals surface area (Å²) < 4.78 is 1.64. The number of nitrogens with zero attached hydrogens (tertiary/aromatic N) is 4. The molecule has 0 aliphatic heterocycles. The van der Waals surface area contributed by atoms with Gasteiger partial charge in [0, 0.05) is 12.1 Å². The molecule has 86 valence electrons. The van der Waals surface area contributed by atoms with Crippen molar-refractivity contribution < 1.29 is 0 Å². The van der Waals surface area contributed by atoms with E-state index >= 15 is 0 Å². The van der Waals surface area contributed by atoms with Crippen LogP contribution in [0.1, 0.15) is 27.2 Å². The van der Waals surface area contributed by atoms with Crippen LogP contribution in [0.15, 0.2) is 29.4 Å². The molecule has 1 aliphatic rings. The van der Waals surface area contributed by atoms with E-state index in [9.17, 15) is 0 Å². The van der Waals surface area contributed by atoms with E-state index in [1.165, 1.54) is 12.0 Å². The summed E-state index contributed by atoms with van der Waals surface area (Å²) in [4.78, 5) is 0. The van der Waals surface area contributed by atoms with E-state index in [0.717, 1.165) is 0 Å². The Hall–Kier alpha value is -1.45. The number of rotatable bonds is 2. The van der Waals surface area contributed by atoms with Crippen molar-refractivity contribution in [3.8, 4) is 0 Å². The minimum Gasteiger partial charge on any atom is -0.208 e. The molecule has 0 aromatic carbocycles. The van der Waals surface area contributed by atoms with Gasteiger partial charge in [-0.3, -0.25) is 0 Å². The molecule has 0 N–H and O–H groups in total. The molecular weight excluding hydrogens is 200 g/mol. The van der Waals surface area contributed by atoms with Crippen LogP contribution in [-0.2, 0) is 0 Å². The zero-order valence-corrected chi connectivity index (χ0v) is 10.0. The highest BCUT2D eigenvalue weighted by Crippen LogP contribution is 2.32. The van der Waals surface area contributed by atoms with Gasteiger partial charge in [0.05, 0.1) is 0 Å². The predicted octanol–water partition coefficient (Wildman–Crippen LogP) is 2.35. The van der Waals surface area contributed by atoms with Gasteiger partial charge in [-0.05, 0) is 25.2 Å². The lowest BCUT2D eigenvalue weighted by Crippen LogP contribution is -2.24. The van der Waals surface area contributed by atoms with Crippen LogP contribution < -0.4 is 0 Å². The molecule has 1 aromatic rings. The Kier molecular flexibility index (Phi) is 3.17. The van der Waals surface area contributed by atoms with Crippen LogP contribution >= 0.6 is 0 Å². The standard InChI is InChI=1S/C12H18N4/c1-9-4-10(2)12(11(3)5-9)6-15-16-7-13-14-8-16/h4,6-8,10-12H,5H2,1-3H3/b15-6-/t10-,11-,12-/m0/s1. The molecule has 0 bridgehead atoms. The Morgan fingerprint density at radius 2 is 2.06 bits per heavy atom. The largest absolute Gasteiger partial charge is 0.208 e. The molecule has 3 atom stereocenters. The normalized spacial score (nSPS) is 30.7. The molecule has 0 amide bonds. The Balaban J connectivity index is 2.10. The highest BCUT2D eigenvalue weighted by atomic mass is 15.4. The van der Waals surface area contributed by atoms with Gasteiger partial charge in [-0.15, -0.1) is 10.2 Å². The predicted molar refractivity (Wildman–Crippen MR) is 64.1 cm³/mol. The maximum Gasteiger partial charge on any atom is 0.141 e. The van der Waals surface area contributed by atoms with Gasteiger partial charge >= 0.3 is 0 Å². The first-order valence-corrected chi connectivity index (χ1v) is 5.73. The van der Waals surface area contributed by atoms with E-state index in [4.69, 9.17) is 0 Å². The van der Waals surface area contributed by atoms with Gasteiger partial charge in [-0.25, -0.2) is 4.68 Å². The third kappa shape index (κ3) is 2.38. The number of aromatic nitrogens is 3. The summed E-state index contributed by atoms with van der Waals surface area (Å²) in [6.45, 7) is 6.75. The second-order valence-corrected chi connectivity index (χ2v) is 4.74. The third-order valence-corrected chi connectivity index (χ3v) is 3.23. The molecular formula is C12H18N4. The average Bonchev–Trinajstić information content (AvgIpc) is 2.68. The molecule has 0 radical (unpaired) electrons. The zero-order valence-electron chi connectivity index (χ0n) is 10.0. The zero-order chi connectivity index (χ0) is 11.5. The molecule has 1 aliphatic carbocycles. The fourth-order valence-electron chi connectivity index (χ4n) is 2.48. The Bertz CT molecular complexity index is 391. The van der Waals surface area contributed by atoms with Gasteiger partial charge in [0.25, 0.3) is 0 Å². The quantitative estimate of drug-likeness (QED) is 0.565. The van der Waals surface area contributed by atoms with Gasteiger partial charge in [-0.2, -0.15) is 5.10 Å². The molecule has 1 aromatic heterocycles. The summed E-state index contributed by atoms with van der Waals surface area (Å²) in [5, 5.41) is 11.8. The molecule has 4 nitrogen and oxygen atoms in total. The first-order chi connectivity index (χ1) is 7.66. The van der Waals surface area contributed by atoms with Crippen molar-refractivity contribution in [2.75, 3.05) is 0 Å². The van der Waals surface area contributed by atoms with E-state index in [1.807, 2.05) is 6.21 Å². The summed E-state index contributed by atoms with van der Waals surface area (Å²) in [7, 11) is 0. The maximum absolute atomic E-state index is 4.35. The van der Waals surface area contributed by atoms with Crippen molar-refractivity contribution in [2.24, 2.45) is 22.9 Å². The van der Waals surface area contributed by atoms with Gasteiger partial charge in [-0.1, -0.05) is 25.5 Å². The number of allylic oxidation sites excluding steroid dienone is 2. The van der Waals surface area contributed by atoms with Crippen molar-refractivity contribution in [3.63, 3.8) is 0 Å². The van der Waals surface area contributed by atoms with Crippen LogP contribution in [0.4, 0.5) is 0 Å². The highest BCUT2D eigenvalue weighted by Gasteiger charge is 2.25. The van der Waals surface area contributed by atoms with E-state index < -0.39 is 0 Å². The van der Waals surface area contributed by atoms with Gasteiger partial charge < -0.3 is 0 Å². The topological polar surface area (TPSA) is 43.1 Å². The van der Waals surface area contributed by atoms with Crippen molar-refractivity contribution in [2.45, 2.75) is 27.2 Å². The SMILES string of the molecule is CC1=C[C@H](C)[C@H](/C=N\n2cnnc2)[C@@H](C)C1. The lowest BCUT2D eigenvalue weighted by Gasteiger charge is -2.29. The minimum atomic E-state index is 0.506. The molecule has 0 saturated heterocycles. The average molecular weight is 218 g/mol. The fourth-order valence-corrected chi connectivity index (χ4v) is 2.48. The van der Waals surface area contributed by atoms with Crippen LogP contribution in [0.5, 0.6) is 0 Å². The third-order valence-electron chi connectivity index (χ3n) is 3.23. The maximum atomic E-state index is 4.35. The summed E-state index contributed by atoms with van der Waals surface area (Å²) in [5.74, 6) is 1.72. The van der Waals surface area contributed by atoms with Gasteiger partial charge in [0.15, 0.2) is 0 Å². The summed E-state index contributed by atoms with van der Waals surface area (Å²) >= 11 is 0.